The van der Waals surface area contributed by atoms with Gasteiger partial charge in [0.15, 0.2) is 0 Å². The van der Waals surface area contributed by atoms with Gasteiger partial charge in [0, 0.05) is 18.7 Å². The second kappa shape index (κ2) is 6.45. The lowest BCUT2D eigenvalue weighted by molar-refractivity contribution is 0.0957. The molecule has 1 aromatic heterocycles. The molecule has 0 fully saturated rings. The van der Waals surface area contributed by atoms with Gasteiger partial charge in [-0.25, -0.2) is 4.98 Å². The van der Waals surface area contributed by atoms with Crippen LogP contribution in [0.1, 0.15) is 15.4 Å². The number of carbonyl (C=O) groups excluding carboxylic acids is 1. The van der Waals surface area contributed by atoms with E-state index in [9.17, 15) is 4.79 Å². The molecule has 19 heavy (non-hydrogen) atoms. The SMILES string of the molecule is CNCCNC(=O)c1sc(-c2ccccc2)nc1C. The van der Waals surface area contributed by atoms with Gasteiger partial charge in [0.2, 0.25) is 0 Å². The van der Waals surface area contributed by atoms with Gasteiger partial charge in [0.25, 0.3) is 5.91 Å². The average Bonchev–Trinajstić information content (AvgIpc) is 2.82. The molecule has 100 valence electrons. The molecule has 0 saturated heterocycles. The number of amides is 1. The number of rotatable bonds is 5. The fourth-order valence-corrected chi connectivity index (χ4v) is 2.68. The summed E-state index contributed by atoms with van der Waals surface area (Å²) in [5.41, 5.74) is 1.83. The summed E-state index contributed by atoms with van der Waals surface area (Å²) in [6.07, 6.45) is 0. The van der Waals surface area contributed by atoms with Crippen molar-refractivity contribution >= 4 is 17.2 Å². The van der Waals surface area contributed by atoms with Crippen LogP contribution in [-0.4, -0.2) is 31.0 Å². The zero-order valence-electron chi connectivity index (χ0n) is 11.1. The van der Waals surface area contributed by atoms with E-state index in [-0.39, 0.29) is 5.91 Å². The first kappa shape index (κ1) is 13.7. The highest BCUT2D eigenvalue weighted by Crippen LogP contribution is 2.27. The second-order valence-corrected chi connectivity index (χ2v) is 5.16. The molecule has 0 atom stereocenters. The van der Waals surface area contributed by atoms with E-state index in [0.717, 1.165) is 22.8 Å². The van der Waals surface area contributed by atoms with Gasteiger partial charge in [0.1, 0.15) is 9.88 Å². The summed E-state index contributed by atoms with van der Waals surface area (Å²) in [6, 6.07) is 9.91. The molecular weight excluding hydrogens is 258 g/mol. The molecule has 0 aliphatic carbocycles. The third-order valence-electron chi connectivity index (χ3n) is 2.68. The normalized spacial score (nSPS) is 10.4. The van der Waals surface area contributed by atoms with Crippen molar-refractivity contribution in [2.45, 2.75) is 6.92 Å². The number of carbonyl (C=O) groups is 1. The van der Waals surface area contributed by atoms with Gasteiger partial charge in [-0.1, -0.05) is 30.3 Å². The highest BCUT2D eigenvalue weighted by atomic mass is 32.1. The van der Waals surface area contributed by atoms with Crippen molar-refractivity contribution in [3.05, 3.63) is 40.9 Å². The average molecular weight is 275 g/mol. The molecule has 0 spiro atoms. The van der Waals surface area contributed by atoms with Crippen molar-refractivity contribution in [1.29, 1.82) is 0 Å². The molecule has 2 rings (SSSR count). The minimum atomic E-state index is -0.0487. The number of likely N-dealkylation sites (N-methyl/N-ethyl adjacent to an activating group) is 1. The molecule has 0 aliphatic heterocycles. The van der Waals surface area contributed by atoms with Gasteiger partial charge in [-0.15, -0.1) is 11.3 Å². The van der Waals surface area contributed by atoms with Crippen LogP contribution in [0.4, 0.5) is 0 Å². The Labute approximate surface area is 116 Å². The largest absolute Gasteiger partial charge is 0.350 e. The molecule has 0 unspecified atom stereocenters. The maximum atomic E-state index is 12.0. The van der Waals surface area contributed by atoms with Crippen molar-refractivity contribution in [2.75, 3.05) is 20.1 Å². The van der Waals surface area contributed by atoms with Crippen molar-refractivity contribution in [2.24, 2.45) is 0 Å². The molecule has 0 radical (unpaired) electrons. The van der Waals surface area contributed by atoms with E-state index in [1.54, 1.807) is 0 Å². The van der Waals surface area contributed by atoms with Gasteiger partial charge in [-0.3, -0.25) is 4.79 Å². The Bertz CT molecular complexity index is 551. The number of nitrogens with zero attached hydrogens (tertiary/aromatic N) is 1. The van der Waals surface area contributed by atoms with Crippen molar-refractivity contribution in [3.8, 4) is 10.6 Å². The van der Waals surface area contributed by atoms with Gasteiger partial charge in [0.05, 0.1) is 5.69 Å². The molecule has 5 heteroatoms. The molecule has 1 heterocycles. The van der Waals surface area contributed by atoms with Gasteiger partial charge in [-0.2, -0.15) is 0 Å². The standard InChI is InChI=1S/C14H17N3OS/c1-10-12(13(18)16-9-8-15-2)19-14(17-10)11-6-4-3-5-7-11/h3-7,15H,8-9H2,1-2H3,(H,16,18). The molecule has 0 bridgehead atoms. The summed E-state index contributed by atoms with van der Waals surface area (Å²) in [6.45, 7) is 3.25. The number of benzene rings is 1. The molecule has 1 aromatic carbocycles. The third-order valence-corrected chi connectivity index (χ3v) is 3.89. The van der Waals surface area contributed by atoms with E-state index < -0.39 is 0 Å². The second-order valence-electron chi connectivity index (χ2n) is 4.16. The highest BCUT2D eigenvalue weighted by molar-refractivity contribution is 7.17. The van der Waals surface area contributed by atoms with Crippen LogP contribution in [0.3, 0.4) is 0 Å². The highest BCUT2D eigenvalue weighted by Gasteiger charge is 2.15. The predicted octanol–water partition coefficient (Wildman–Crippen LogP) is 2.07. The minimum absolute atomic E-state index is 0.0487. The Morgan fingerprint density at radius 1 is 1.26 bits per heavy atom. The van der Waals surface area contributed by atoms with Crippen LogP contribution in [0.25, 0.3) is 10.6 Å². The van der Waals surface area contributed by atoms with E-state index in [0.29, 0.717) is 11.4 Å². The maximum Gasteiger partial charge on any atom is 0.263 e. The van der Waals surface area contributed by atoms with E-state index in [2.05, 4.69) is 15.6 Å². The Hall–Kier alpha value is -1.72. The monoisotopic (exact) mass is 275 g/mol. The lowest BCUT2D eigenvalue weighted by Crippen LogP contribution is -2.30. The summed E-state index contributed by atoms with van der Waals surface area (Å²) in [5.74, 6) is -0.0487. The van der Waals surface area contributed by atoms with Crippen molar-refractivity contribution < 1.29 is 4.79 Å². The number of hydrogen-bond acceptors (Lipinski definition) is 4. The molecule has 2 aromatic rings. The van der Waals surface area contributed by atoms with Crippen molar-refractivity contribution in [1.82, 2.24) is 15.6 Å². The summed E-state index contributed by atoms with van der Waals surface area (Å²) < 4.78 is 0. The Morgan fingerprint density at radius 2 is 2.00 bits per heavy atom. The van der Waals surface area contributed by atoms with Crippen LogP contribution < -0.4 is 10.6 Å². The number of thiazole rings is 1. The van der Waals surface area contributed by atoms with Crippen LogP contribution in [0.5, 0.6) is 0 Å². The summed E-state index contributed by atoms with van der Waals surface area (Å²) in [7, 11) is 1.86. The Balaban J connectivity index is 2.15. The topological polar surface area (TPSA) is 54.0 Å². The number of hydrogen-bond donors (Lipinski definition) is 2. The fraction of sp³-hybridized carbons (Fsp3) is 0.286. The van der Waals surface area contributed by atoms with Crippen LogP contribution in [0.2, 0.25) is 0 Å². The van der Waals surface area contributed by atoms with Crippen LogP contribution >= 0.6 is 11.3 Å². The molecule has 2 N–H and O–H groups in total. The molecule has 0 saturated carbocycles. The number of nitrogens with one attached hydrogen (secondary N) is 2. The van der Waals surface area contributed by atoms with Crippen LogP contribution in [-0.2, 0) is 0 Å². The number of aryl methyl sites for hydroxylation is 1. The zero-order valence-corrected chi connectivity index (χ0v) is 11.9. The first-order valence-electron chi connectivity index (χ1n) is 6.18. The minimum Gasteiger partial charge on any atom is -0.350 e. The lowest BCUT2D eigenvalue weighted by Gasteiger charge is -2.02. The Kier molecular flexibility index (Phi) is 4.65. The summed E-state index contributed by atoms with van der Waals surface area (Å²) in [5, 5.41) is 6.75. The number of aromatic nitrogens is 1. The maximum absolute atomic E-state index is 12.0. The van der Waals surface area contributed by atoms with Crippen LogP contribution in [0, 0.1) is 6.92 Å². The van der Waals surface area contributed by atoms with Crippen molar-refractivity contribution in [3.63, 3.8) is 0 Å². The zero-order chi connectivity index (χ0) is 13.7. The fourth-order valence-electron chi connectivity index (χ4n) is 1.69. The lowest BCUT2D eigenvalue weighted by atomic mass is 10.2. The van der Waals surface area contributed by atoms with E-state index in [1.165, 1.54) is 11.3 Å². The third kappa shape index (κ3) is 3.39. The summed E-state index contributed by atoms with van der Waals surface area (Å²) in [4.78, 5) is 17.2. The van der Waals surface area contributed by atoms with Gasteiger partial charge >= 0.3 is 0 Å². The predicted molar refractivity (Wildman–Crippen MR) is 78.5 cm³/mol. The van der Waals surface area contributed by atoms with E-state index in [4.69, 9.17) is 0 Å². The van der Waals surface area contributed by atoms with E-state index in [1.807, 2.05) is 44.3 Å². The molecule has 1 amide bonds. The van der Waals surface area contributed by atoms with Gasteiger partial charge in [-0.05, 0) is 14.0 Å². The van der Waals surface area contributed by atoms with Gasteiger partial charge < -0.3 is 10.6 Å². The Morgan fingerprint density at radius 3 is 2.68 bits per heavy atom. The van der Waals surface area contributed by atoms with E-state index >= 15 is 0 Å². The summed E-state index contributed by atoms with van der Waals surface area (Å²) >= 11 is 1.44. The quantitative estimate of drug-likeness (QED) is 0.821. The molecule has 4 nitrogen and oxygen atoms in total. The first-order chi connectivity index (χ1) is 9.22. The first-order valence-corrected chi connectivity index (χ1v) is 6.99. The molecular formula is C14H17N3OS. The van der Waals surface area contributed by atoms with Crippen LogP contribution in [0.15, 0.2) is 30.3 Å². The molecule has 0 aliphatic rings. The smallest absolute Gasteiger partial charge is 0.263 e.